The zero-order chi connectivity index (χ0) is 24.3. The number of methoxy groups -OCH3 is 2. The molecule has 0 radical (unpaired) electrons. The van der Waals surface area contributed by atoms with Gasteiger partial charge in [-0.2, -0.15) is 5.10 Å². The van der Waals surface area contributed by atoms with E-state index in [1.54, 1.807) is 14.2 Å². The second-order valence-corrected chi connectivity index (χ2v) is 9.00. The number of benzene rings is 4. The van der Waals surface area contributed by atoms with Gasteiger partial charge in [0.05, 0.1) is 18.7 Å². The molecule has 35 heavy (non-hydrogen) atoms. The zero-order valence-corrected chi connectivity index (χ0v) is 21.1. The van der Waals surface area contributed by atoms with Gasteiger partial charge in [0.2, 0.25) is 0 Å². The molecule has 0 saturated heterocycles. The molecule has 0 bridgehead atoms. The van der Waals surface area contributed by atoms with Crippen LogP contribution in [0, 0.1) is 0 Å². The Balaban J connectivity index is 1.80. The summed E-state index contributed by atoms with van der Waals surface area (Å²) >= 11 is 3.79. The number of ether oxygens (including phenoxy) is 2. The van der Waals surface area contributed by atoms with E-state index >= 15 is 0 Å². The Morgan fingerprint density at radius 3 is 1.60 bits per heavy atom. The summed E-state index contributed by atoms with van der Waals surface area (Å²) in [6.45, 7) is 0. The number of hydrogen-bond acceptors (Lipinski definition) is 3. The van der Waals surface area contributed by atoms with Gasteiger partial charge in [-0.25, -0.2) is 0 Å². The molecule has 0 saturated carbocycles. The Hall–Kier alpha value is -3.83. The second-order valence-electron chi connectivity index (χ2n) is 8.15. The fourth-order valence-electron chi connectivity index (χ4n) is 4.64. The molecule has 0 fully saturated rings. The molecule has 5 heteroatoms. The molecule has 1 heterocycles. The lowest BCUT2D eigenvalue weighted by Gasteiger charge is -2.36. The van der Waals surface area contributed by atoms with Crippen LogP contribution in [0.2, 0.25) is 0 Å². The summed E-state index contributed by atoms with van der Waals surface area (Å²) in [5, 5.41) is 5.19. The zero-order valence-electron chi connectivity index (χ0n) is 19.6. The summed E-state index contributed by atoms with van der Waals surface area (Å²) in [4.78, 5) is 0. The summed E-state index contributed by atoms with van der Waals surface area (Å²) in [6.07, 6.45) is 2.05. The largest absolute Gasteiger partial charge is 0.493 e. The van der Waals surface area contributed by atoms with Crippen LogP contribution in [0.25, 0.3) is 11.3 Å². The summed E-state index contributed by atoms with van der Waals surface area (Å²) in [6, 6.07) is 37.4. The lowest BCUT2D eigenvalue weighted by Crippen LogP contribution is -2.38. The molecule has 174 valence electrons. The summed E-state index contributed by atoms with van der Waals surface area (Å²) in [5.41, 5.74) is 4.42. The highest BCUT2D eigenvalue weighted by Crippen LogP contribution is 2.43. The van der Waals surface area contributed by atoms with E-state index in [0.717, 1.165) is 32.4 Å². The van der Waals surface area contributed by atoms with Crippen LogP contribution < -0.4 is 9.47 Å². The first-order chi connectivity index (χ1) is 17.2. The molecule has 4 nitrogen and oxygen atoms in total. The van der Waals surface area contributed by atoms with Gasteiger partial charge in [0, 0.05) is 11.8 Å². The maximum Gasteiger partial charge on any atom is 0.161 e. The third-order valence-corrected chi connectivity index (χ3v) is 6.83. The standard InChI is InChI=1S/C30H25BrN2O2/c1-34-27-19-18-22(20-28(27)35-2)29-26(31)21-33(32-29)30(23-12-6-3-7-13-23,24-14-8-4-9-15-24)25-16-10-5-11-17-25/h3-21H,1-2H3. The number of nitrogens with zero attached hydrogens (tertiary/aromatic N) is 2. The van der Waals surface area contributed by atoms with Crippen LogP contribution in [0.5, 0.6) is 11.5 Å². The first-order valence-electron chi connectivity index (χ1n) is 11.3. The lowest BCUT2D eigenvalue weighted by atomic mass is 9.77. The van der Waals surface area contributed by atoms with Gasteiger partial charge in [0.15, 0.2) is 11.5 Å². The molecule has 1 aromatic heterocycles. The summed E-state index contributed by atoms with van der Waals surface area (Å²) < 4.78 is 13.9. The van der Waals surface area contributed by atoms with Gasteiger partial charge in [-0.3, -0.25) is 4.68 Å². The van der Waals surface area contributed by atoms with E-state index in [4.69, 9.17) is 14.6 Å². The van der Waals surface area contributed by atoms with Crippen molar-refractivity contribution in [2.75, 3.05) is 14.2 Å². The minimum absolute atomic E-state index is 0.659. The predicted octanol–water partition coefficient (Wildman–Crippen LogP) is 7.17. The van der Waals surface area contributed by atoms with Gasteiger partial charge in [-0.05, 0) is 50.8 Å². The molecule has 0 aliphatic carbocycles. The first kappa shape index (κ1) is 22.9. The number of rotatable bonds is 7. The Kier molecular flexibility index (Phi) is 6.43. The van der Waals surface area contributed by atoms with E-state index in [0.29, 0.717) is 11.5 Å². The van der Waals surface area contributed by atoms with Crippen molar-refractivity contribution in [2.45, 2.75) is 5.54 Å². The predicted molar refractivity (Wildman–Crippen MR) is 143 cm³/mol. The third-order valence-electron chi connectivity index (χ3n) is 6.24. The quantitative estimate of drug-likeness (QED) is 0.212. The van der Waals surface area contributed by atoms with Crippen molar-refractivity contribution >= 4 is 15.9 Å². The van der Waals surface area contributed by atoms with Crippen molar-refractivity contribution in [1.82, 2.24) is 9.78 Å². The van der Waals surface area contributed by atoms with Crippen molar-refractivity contribution in [1.29, 1.82) is 0 Å². The van der Waals surface area contributed by atoms with E-state index in [9.17, 15) is 0 Å². The van der Waals surface area contributed by atoms with Gasteiger partial charge < -0.3 is 9.47 Å². The van der Waals surface area contributed by atoms with Crippen LogP contribution in [-0.4, -0.2) is 24.0 Å². The van der Waals surface area contributed by atoms with E-state index in [1.165, 1.54) is 0 Å². The average molecular weight is 525 g/mol. The van der Waals surface area contributed by atoms with Gasteiger partial charge in [-0.1, -0.05) is 91.0 Å². The van der Waals surface area contributed by atoms with Crippen LogP contribution >= 0.6 is 15.9 Å². The van der Waals surface area contributed by atoms with Crippen LogP contribution in [0.1, 0.15) is 16.7 Å². The Labute approximate surface area is 213 Å². The molecule has 5 rings (SSSR count). The maximum atomic E-state index is 5.55. The van der Waals surface area contributed by atoms with Crippen LogP contribution in [0.15, 0.2) is 120 Å². The highest BCUT2D eigenvalue weighted by Gasteiger charge is 2.39. The third kappa shape index (κ3) is 4.02. The fourth-order valence-corrected chi connectivity index (χ4v) is 5.14. The second kappa shape index (κ2) is 9.80. The molecule has 4 aromatic carbocycles. The maximum absolute atomic E-state index is 5.55. The normalized spacial score (nSPS) is 11.3. The van der Waals surface area contributed by atoms with E-state index in [-0.39, 0.29) is 0 Å². The minimum atomic E-state index is -0.679. The highest BCUT2D eigenvalue weighted by atomic mass is 79.9. The SMILES string of the molecule is COc1ccc(-c2nn(C(c3ccccc3)(c3ccccc3)c3ccccc3)cc2Br)cc1OC. The molecule has 0 spiro atoms. The average Bonchev–Trinajstić information content (AvgIpc) is 3.32. The van der Waals surface area contributed by atoms with E-state index in [1.807, 2.05) is 36.4 Å². The van der Waals surface area contributed by atoms with Crippen molar-refractivity contribution in [3.63, 3.8) is 0 Å². The Bertz CT molecular complexity index is 1320. The molecule has 0 atom stereocenters. The van der Waals surface area contributed by atoms with Crippen LogP contribution in [0.3, 0.4) is 0 Å². The van der Waals surface area contributed by atoms with E-state index < -0.39 is 5.54 Å². The number of hydrogen-bond donors (Lipinski definition) is 0. The minimum Gasteiger partial charge on any atom is -0.493 e. The van der Waals surface area contributed by atoms with Crippen LogP contribution in [-0.2, 0) is 5.54 Å². The van der Waals surface area contributed by atoms with Gasteiger partial charge in [0.25, 0.3) is 0 Å². The molecule has 0 unspecified atom stereocenters. The lowest BCUT2D eigenvalue weighted by molar-refractivity contribution is 0.355. The number of halogens is 1. The highest BCUT2D eigenvalue weighted by molar-refractivity contribution is 9.10. The van der Waals surface area contributed by atoms with Gasteiger partial charge in [-0.15, -0.1) is 0 Å². The first-order valence-corrected chi connectivity index (χ1v) is 12.1. The topological polar surface area (TPSA) is 36.3 Å². The Morgan fingerprint density at radius 1 is 0.657 bits per heavy atom. The van der Waals surface area contributed by atoms with Crippen LogP contribution in [0.4, 0.5) is 0 Å². The molecule has 0 amide bonds. The van der Waals surface area contributed by atoms with Crippen molar-refractivity contribution in [3.05, 3.63) is 137 Å². The summed E-state index contributed by atoms with van der Waals surface area (Å²) in [7, 11) is 3.27. The summed E-state index contributed by atoms with van der Waals surface area (Å²) in [5.74, 6) is 1.34. The number of aromatic nitrogens is 2. The van der Waals surface area contributed by atoms with Crippen molar-refractivity contribution in [2.24, 2.45) is 0 Å². The molecule has 0 aliphatic rings. The van der Waals surface area contributed by atoms with Gasteiger partial charge >= 0.3 is 0 Å². The monoisotopic (exact) mass is 524 g/mol. The molecule has 0 aliphatic heterocycles. The van der Waals surface area contributed by atoms with E-state index in [2.05, 4.69) is 99.6 Å². The molecular weight excluding hydrogens is 500 g/mol. The Morgan fingerprint density at radius 2 is 1.14 bits per heavy atom. The molecule has 5 aromatic rings. The molecule has 0 N–H and O–H groups in total. The molecular formula is C30H25BrN2O2. The smallest absolute Gasteiger partial charge is 0.161 e. The van der Waals surface area contributed by atoms with Crippen molar-refractivity contribution in [3.8, 4) is 22.8 Å². The van der Waals surface area contributed by atoms with Gasteiger partial charge in [0.1, 0.15) is 11.2 Å². The fraction of sp³-hybridized carbons (Fsp3) is 0.100. The van der Waals surface area contributed by atoms with Crippen molar-refractivity contribution < 1.29 is 9.47 Å².